The van der Waals surface area contributed by atoms with Gasteiger partial charge in [0.15, 0.2) is 5.82 Å². The minimum Gasteiger partial charge on any atom is -0.497 e. The maximum Gasteiger partial charge on any atom is 0.337 e. The number of rotatable bonds is 15. The summed E-state index contributed by atoms with van der Waals surface area (Å²) in [6.07, 6.45) is 3.25. The number of hydrogen-bond acceptors (Lipinski definition) is 14. The number of H-pyrrole nitrogens is 2. The fourth-order valence-corrected chi connectivity index (χ4v) is 8.14. The first-order valence-corrected chi connectivity index (χ1v) is 23.6. The van der Waals surface area contributed by atoms with Crippen molar-refractivity contribution in [1.82, 2.24) is 30.2 Å². The zero-order valence-corrected chi connectivity index (χ0v) is 42.1. The normalized spacial score (nSPS) is 16.0. The van der Waals surface area contributed by atoms with Crippen LogP contribution in [0.25, 0.3) is 0 Å². The molecule has 4 heterocycles. The summed E-state index contributed by atoms with van der Waals surface area (Å²) in [5, 5.41) is 16.9. The van der Waals surface area contributed by atoms with Crippen molar-refractivity contribution in [3.05, 3.63) is 131 Å². The molecular formula is C53H70N10O7. The number of aryl methyl sites for hydroxylation is 4. The number of amides is 1. The monoisotopic (exact) mass is 959 g/mol. The summed E-state index contributed by atoms with van der Waals surface area (Å²) in [7, 11) is 12.3. The van der Waals surface area contributed by atoms with Gasteiger partial charge in [0.2, 0.25) is 0 Å². The number of piperazine rings is 2. The highest BCUT2D eigenvalue weighted by Gasteiger charge is 2.22. The SMILES string of the molecule is COC(=O)c1ccc(N2CCN(C)[C@H](C)C2)cc1.COc1cc(CCc2cc(N)n[nH]2)cc(OC)c1.COc1cc(CCc2cc(NC(=O)c3ccc(N4CCN(C)[C@H](C)C4)cc3)n[nH]2)cc(OC)c1. The Kier molecular flexibility index (Phi) is 18.9. The summed E-state index contributed by atoms with van der Waals surface area (Å²) in [5.74, 6) is 3.71. The van der Waals surface area contributed by atoms with Crippen LogP contribution in [-0.2, 0) is 30.4 Å². The van der Waals surface area contributed by atoms with Gasteiger partial charge in [0.05, 0.1) is 41.1 Å². The number of hydrogen-bond donors (Lipinski definition) is 4. The molecule has 0 spiro atoms. The lowest BCUT2D eigenvalue weighted by atomic mass is 10.1. The quantitative estimate of drug-likeness (QED) is 0.0770. The summed E-state index contributed by atoms with van der Waals surface area (Å²) in [6, 6.07) is 31.9. The van der Waals surface area contributed by atoms with Crippen molar-refractivity contribution in [3.63, 3.8) is 0 Å². The van der Waals surface area contributed by atoms with Gasteiger partial charge in [0, 0.05) is 104 Å². The van der Waals surface area contributed by atoms with Crippen molar-refractivity contribution in [2.24, 2.45) is 0 Å². The zero-order valence-electron chi connectivity index (χ0n) is 42.1. The van der Waals surface area contributed by atoms with E-state index in [1.165, 1.54) is 12.8 Å². The van der Waals surface area contributed by atoms with Gasteiger partial charge in [-0.25, -0.2) is 4.79 Å². The average Bonchev–Trinajstić information content (AvgIpc) is 4.04. The molecule has 0 bridgehead atoms. The summed E-state index contributed by atoms with van der Waals surface area (Å²) in [5.41, 5.74) is 13.3. The maximum absolute atomic E-state index is 12.7. The third-order valence-electron chi connectivity index (χ3n) is 12.8. The number of methoxy groups -OCH3 is 5. The number of likely N-dealkylation sites (N-methyl/N-ethyl adjacent to an activating group) is 2. The van der Waals surface area contributed by atoms with E-state index in [2.05, 4.69) is 73.3 Å². The van der Waals surface area contributed by atoms with E-state index in [4.69, 9.17) is 29.4 Å². The lowest BCUT2D eigenvalue weighted by Gasteiger charge is -2.39. The molecule has 5 N–H and O–H groups in total. The van der Waals surface area contributed by atoms with Crippen LogP contribution < -0.4 is 39.8 Å². The molecule has 374 valence electrons. The largest absolute Gasteiger partial charge is 0.497 e. The van der Waals surface area contributed by atoms with Gasteiger partial charge in [-0.3, -0.25) is 15.0 Å². The van der Waals surface area contributed by atoms with Crippen molar-refractivity contribution in [2.75, 3.05) is 110 Å². The number of aromatic amines is 2. The van der Waals surface area contributed by atoms with Crippen LogP contribution in [0.15, 0.2) is 97.1 Å². The predicted molar refractivity (Wildman–Crippen MR) is 276 cm³/mol. The molecule has 2 saturated heterocycles. The molecule has 0 aliphatic carbocycles. The van der Waals surface area contributed by atoms with E-state index in [-0.39, 0.29) is 11.9 Å². The van der Waals surface area contributed by atoms with Crippen LogP contribution in [0.1, 0.15) is 57.1 Å². The Morgan fingerprint density at radius 1 is 0.586 bits per heavy atom. The second kappa shape index (κ2) is 25.4. The first-order valence-electron chi connectivity index (χ1n) is 23.6. The van der Waals surface area contributed by atoms with E-state index in [9.17, 15) is 9.59 Å². The first-order chi connectivity index (χ1) is 33.8. The molecule has 0 unspecified atom stereocenters. The number of carbonyl (C=O) groups is 2. The Balaban J connectivity index is 0.000000188. The summed E-state index contributed by atoms with van der Waals surface area (Å²) in [6.45, 7) is 10.6. The second-order valence-electron chi connectivity index (χ2n) is 17.6. The minimum absolute atomic E-state index is 0.172. The highest BCUT2D eigenvalue weighted by molar-refractivity contribution is 6.04. The van der Waals surface area contributed by atoms with Gasteiger partial charge in [-0.15, -0.1) is 0 Å². The van der Waals surface area contributed by atoms with Crippen LogP contribution in [-0.4, -0.2) is 143 Å². The number of nitrogen functional groups attached to an aromatic ring is 1. The number of ether oxygens (including phenoxy) is 5. The van der Waals surface area contributed by atoms with E-state index < -0.39 is 0 Å². The van der Waals surface area contributed by atoms with Crippen LogP contribution in [0.4, 0.5) is 23.0 Å². The molecule has 2 atom stereocenters. The number of carbonyl (C=O) groups excluding carboxylic acids is 2. The van der Waals surface area contributed by atoms with Crippen molar-refractivity contribution < 1.29 is 33.3 Å². The summed E-state index contributed by atoms with van der Waals surface area (Å²) in [4.78, 5) is 33.5. The van der Waals surface area contributed by atoms with Crippen molar-refractivity contribution in [2.45, 2.75) is 51.6 Å². The smallest absolute Gasteiger partial charge is 0.337 e. The van der Waals surface area contributed by atoms with Gasteiger partial charge in [0.25, 0.3) is 5.91 Å². The van der Waals surface area contributed by atoms with Gasteiger partial charge < -0.3 is 54.3 Å². The molecule has 2 fully saturated rings. The number of benzene rings is 4. The number of aromatic nitrogens is 4. The van der Waals surface area contributed by atoms with Gasteiger partial charge in [-0.1, -0.05) is 0 Å². The van der Waals surface area contributed by atoms with Crippen LogP contribution >= 0.6 is 0 Å². The molecule has 8 rings (SSSR count). The van der Waals surface area contributed by atoms with Crippen LogP contribution in [0, 0.1) is 0 Å². The van der Waals surface area contributed by atoms with Crippen molar-refractivity contribution >= 4 is 34.9 Å². The average molecular weight is 959 g/mol. The highest BCUT2D eigenvalue weighted by Crippen LogP contribution is 2.26. The molecule has 0 saturated carbocycles. The van der Waals surface area contributed by atoms with Crippen molar-refractivity contribution in [1.29, 1.82) is 0 Å². The standard InChI is InChI=1S/C26H33N5O3.C14H20N2O2.C13H17N3O2/c1-18-17-31(12-11-30(18)2)22-9-6-20(7-10-22)26(32)27-25-15-21(28-29-25)8-5-19-13-23(33-3)16-24(14-19)34-4;1-11-10-16(9-8-15(11)2)13-6-4-12(5-7-13)14(17)18-3;1-17-11-5-9(6-12(8-11)18-2)3-4-10-7-13(14)16-15-10/h6-7,9-10,13-16,18H,5,8,11-12,17H2,1-4H3,(H2,27,28,29,32);4-7,11H,8-10H2,1-3H3;5-8H,3-4H2,1-2H3,(H3,14,15,16)/t18-;11-;/m11./s1. The molecular weight excluding hydrogens is 889 g/mol. The Bertz CT molecular complexity index is 2540. The number of nitrogens with zero attached hydrogens (tertiary/aromatic N) is 6. The second-order valence-corrected chi connectivity index (χ2v) is 17.6. The fraction of sp³-hybridized carbons (Fsp3) is 0.396. The zero-order chi connectivity index (χ0) is 50.2. The number of nitrogens with one attached hydrogen (secondary N) is 3. The summed E-state index contributed by atoms with van der Waals surface area (Å²) < 4.78 is 25.8. The molecule has 17 nitrogen and oxygen atoms in total. The molecule has 2 aromatic heterocycles. The Morgan fingerprint density at radius 3 is 1.41 bits per heavy atom. The fourth-order valence-electron chi connectivity index (χ4n) is 8.14. The minimum atomic E-state index is -0.284. The number of esters is 1. The Morgan fingerprint density at radius 2 is 1.01 bits per heavy atom. The highest BCUT2D eigenvalue weighted by atomic mass is 16.5. The van der Waals surface area contributed by atoms with E-state index >= 15 is 0 Å². The molecule has 70 heavy (non-hydrogen) atoms. The predicted octanol–water partition coefficient (Wildman–Crippen LogP) is 7.01. The van der Waals surface area contributed by atoms with E-state index in [0.29, 0.717) is 34.8 Å². The lowest BCUT2D eigenvalue weighted by molar-refractivity contribution is 0.0600. The van der Waals surface area contributed by atoms with Gasteiger partial charge in [0.1, 0.15) is 28.8 Å². The van der Waals surface area contributed by atoms with Gasteiger partial charge >= 0.3 is 5.97 Å². The molecule has 4 aromatic carbocycles. The molecule has 1 amide bonds. The number of anilines is 4. The molecule has 0 radical (unpaired) electrons. The van der Waals surface area contributed by atoms with Gasteiger partial charge in [-0.2, -0.15) is 10.2 Å². The lowest BCUT2D eigenvalue weighted by Crippen LogP contribution is -2.50. The van der Waals surface area contributed by atoms with Gasteiger partial charge in [-0.05, 0) is 138 Å². The van der Waals surface area contributed by atoms with Crippen LogP contribution in [0.2, 0.25) is 0 Å². The molecule has 17 heteroatoms. The third-order valence-corrected chi connectivity index (χ3v) is 12.8. The van der Waals surface area contributed by atoms with E-state index in [1.807, 2.05) is 97.1 Å². The van der Waals surface area contributed by atoms with Crippen molar-refractivity contribution in [3.8, 4) is 23.0 Å². The van der Waals surface area contributed by atoms with E-state index in [1.54, 1.807) is 28.4 Å². The Labute approximate surface area is 412 Å². The molecule has 2 aliphatic rings. The Hall–Kier alpha value is -7.24. The molecule has 2 aliphatic heterocycles. The molecule has 6 aromatic rings. The summed E-state index contributed by atoms with van der Waals surface area (Å²) >= 11 is 0. The van der Waals surface area contributed by atoms with Crippen LogP contribution in [0.5, 0.6) is 23.0 Å². The third kappa shape index (κ3) is 14.9. The maximum atomic E-state index is 12.7. The topological polar surface area (TPSA) is 189 Å². The number of nitrogens with two attached hydrogens (primary N) is 1. The first kappa shape index (κ1) is 52.1. The van der Waals surface area contributed by atoms with Crippen LogP contribution in [0.3, 0.4) is 0 Å². The van der Waals surface area contributed by atoms with E-state index in [0.717, 1.165) is 116 Å².